The lowest BCUT2D eigenvalue weighted by atomic mass is 9.97. The summed E-state index contributed by atoms with van der Waals surface area (Å²) in [7, 11) is 0. The first-order valence-electron chi connectivity index (χ1n) is 7.54. The summed E-state index contributed by atoms with van der Waals surface area (Å²) in [6, 6.07) is 6.53. The van der Waals surface area contributed by atoms with Gasteiger partial charge in [-0.2, -0.15) is 0 Å². The Kier molecular flexibility index (Phi) is 3.66. The minimum atomic E-state index is 0.0110. The number of rotatable bonds is 2. The Morgan fingerprint density at radius 1 is 1.30 bits per heavy atom. The summed E-state index contributed by atoms with van der Waals surface area (Å²) in [5, 5.41) is 3.18. The summed E-state index contributed by atoms with van der Waals surface area (Å²) in [4.78, 5) is 14.9. The van der Waals surface area contributed by atoms with Crippen molar-refractivity contribution in [2.24, 2.45) is 0 Å². The van der Waals surface area contributed by atoms with Gasteiger partial charge in [0.1, 0.15) is 0 Å². The fourth-order valence-electron chi connectivity index (χ4n) is 3.57. The van der Waals surface area contributed by atoms with Crippen LogP contribution in [0.3, 0.4) is 0 Å². The van der Waals surface area contributed by atoms with Gasteiger partial charge in [0.2, 0.25) is 0 Å². The molecule has 1 aromatic rings. The quantitative estimate of drug-likeness (QED) is 0.810. The average molecular weight is 273 g/mol. The van der Waals surface area contributed by atoms with Crippen molar-refractivity contribution >= 4 is 11.6 Å². The Bertz CT molecular complexity index is 494. The normalized spacial score (nSPS) is 26.2. The molecule has 2 heterocycles. The van der Waals surface area contributed by atoms with Gasteiger partial charge in [-0.15, -0.1) is 0 Å². The van der Waals surface area contributed by atoms with Crippen molar-refractivity contribution in [2.75, 3.05) is 18.8 Å². The Balaban J connectivity index is 1.64. The van der Waals surface area contributed by atoms with Gasteiger partial charge >= 0.3 is 0 Å². The molecule has 0 bridgehead atoms. The number of hydrogen-bond acceptors (Lipinski definition) is 3. The molecule has 3 N–H and O–H groups in total. The molecule has 0 spiro atoms. The SMILES string of the molecule is Cc1cc(N)cc(C(=O)NC2CCN3CCCC3C2)c1. The van der Waals surface area contributed by atoms with Gasteiger partial charge in [0, 0.05) is 29.9 Å². The monoisotopic (exact) mass is 273 g/mol. The molecule has 20 heavy (non-hydrogen) atoms. The number of anilines is 1. The van der Waals surface area contributed by atoms with Gasteiger partial charge in [0.15, 0.2) is 0 Å². The fraction of sp³-hybridized carbons (Fsp3) is 0.562. The van der Waals surface area contributed by atoms with E-state index in [1.54, 1.807) is 6.07 Å². The van der Waals surface area contributed by atoms with Crippen molar-refractivity contribution in [3.8, 4) is 0 Å². The van der Waals surface area contributed by atoms with Crippen LogP contribution in [0, 0.1) is 6.92 Å². The zero-order chi connectivity index (χ0) is 14.1. The van der Waals surface area contributed by atoms with E-state index in [-0.39, 0.29) is 5.91 Å². The molecule has 4 nitrogen and oxygen atoms in total. The van der Waals surface area contributed by atoms with Crippen LogP contribution in [-0.4, -0.2) is 36.0 Å². The van der Waals surface area contributed by atoms with Crippen molar-refractivity contribution in [3.05, 3.63) is 29.3 Å². The van der Waals surface area contributed by atoms with Crippen LogP contribution in [0.5, 0.6) is 0 Å². The number of fused-ring (bicyclic) bond motifs is 1. The summed E-state index contributed by atoms with van der Waals surface area (Å²) < 4.78 is 0. The summed E-state index contributed by atoms with van der Waals surface area (Å²) >= 11 is 0. The summed E-state index contributed by atoms with van der Waals surface area (Å²) in [5.41, 5.74) is 8.17. The number of nitrogens with zero attached hydrogens (tertiary/aromatic N) is 1. The molecule has 2 saturated heterocycles. The molecule has 2 unspecified atom stereocenters. The number of nitrogen functional groups attached to an aromatic ring is 1. The number of hydrogen-bond donors (Lipinski definition) is 2. The zero-order valence-electron chi connectivity index (χ0n) is 12.1. The molecular formula is C16H23N3O. The topological polar surface area (TPSA) is 58.4 Å². The highest BCUT2D eigenvalue weighted by Gasteiger charge is 2.32. The molecule has 0 aliphatic carbocycles. The smallest absolute Gasteiger partial charge is 0.251 e. The maximum Gasteiger partial charge on any atom is 0.251 e. The van der Waals surface area contributed by atoms with Crippen LogP contribution in [0.15, 0.2) is 18.2 Å². The van der Waals surface area contributed by atoms with Crippen LogP contribution >= 0.6 is 0 Å². The Morgan fingerprint density at radius 3 is 2.95 bits per heavy atom. The second-order valence-electron chi connectivity index (χ2n) is 6.16. The minimum absolute atomic E-state index is 0.0110. The van der Waals surface area contributed by atoms with Crippen LogP contribution in [0.2, 0.25) is 0 Å². The predicted octanol–water partition coefficient (Wildman–Crippen LogP) is 1.93. The van der Waals surface area contributed by atoms with E-state index < -0.39 is 0 Å². The first kappa shape index (κ1) is 13.4. The number of aryl methyl sites for hydroxylation is 1. The van der Waals surface area contributed by atoms with Gasteiger partial charge in [-0.05, 0) is 62.9 Å². The van der Waals surface area contributed by atoms with Crippen LogP contribution in [0.1, 0.15) is 41.6 Å². The summed E-state index contributed by atoms with van der Waals surface area (Å²) in [6.07, 6.45) is 4.74. The van der Waals surface area contributed by atoms with Crippen LogP contribution in [0.25, 0.3) is 0 Å². The van der Waals surface area contributed by atoms with E-state index in [4.69, 9.17) is 5.73 Å². The van der Waals surface area contributed by atoms with Crippen molar-refractivity contribution in [1.82, 2.24) is 10.2 Å². The Morgan fingerprint density at radius 2 is 2.15 bits per heavy atom. The maximum absolute atomic E-state index is 12.3. The van der Waals surface area contributed by atoms with E-state index in [0.717, 1.165) is 24.9 Å². The van der Waals surface area contributed by atoms with E-state index >= 15 is 0 Å². The van der Waals surface area contributed by atoms with Gasteiger partial charge in [0.05, 0.1) is 0 Å². The van der Waals surface area contributed by atoms with E-state index in [2.05, 4.69) is 10.2 Å². The predicted molar refractivity (Wildman–Crippen MR) is 80.7 cm³/mol. The molecule has 3 rings (SSSR count). The highest BCUT2D eigenvalue weighted by molar-refractivity contribution is 5.95. The highest BCUT2D eigenvalue weighted by atomic mass is 16.1. The zero-order valence-corrected chi connectivity index (χ0v) is 12.1. The van der Waals surface area contributed by atoms with Gasteiger partial charge in [-0.25, -0.2) is 0 Å². The van der Waals surface area contributed by atoms with E-state index in [1.807, 2.05) is 19.1 Å². The molecule has 0 radical (unpaired) electrons. The van der Waals surface area contributed by atoms with Crippen molar-refractivity contribution in [2.45, 2.75) is 44.7 Å². The number of amides is 1. The molecule has 0 saturated carbocycles. The lowest BCUT2D eigenvalue weighted by molar-refractivity contribution is 0.0896. The van der Waals surface area contributed by atoms with Gasteiger partial charge < -0.3 is 16.0 Å². The molecule has 2 fully saturated rings. The van der Waals surface area contributed by atoms with E-state index in [9.17, 15) is 4.79 Å². The lowest BCUT2D eigenvalue weighted by Crippen LogP contribution is -2.47. The van der Waals surface area contributed by atoms with Gasteiger partial charge in [0.25, 0.3) is 5.91 Å². The third-order valence-corrected chi connectivity index (χ3v) is 4.52. The molecule has 0 aromatic heterocycles. The van der Waals surface area contributed by atoms with Crippen molar-refractivity contribution in [1.29, 1.82) is 0 Å². The molecule has 4 heteroatoms. The Labute approximate surface area is 120 Å². The maximum atomic E-state index is 12.3. The summed E-state index contributed by atoms with van der Waals surface area (Å²) in [5.74, 6) is 0.0110. The van der Waals surface area contributed by atoms with Crippen molar-refractivity contribution < 1.29 is 4.79 Å². The number of benzene rings is 1. The van der Waals surface area contributed by atoms with Gasteiger partial charge in [-0.1, -0.05) is 0 Å². The Hall–Kier alpha value is -1.55. The number of piperidine rings is 1. The molecular weight excluding hydrogens is 250 g/mol. The van der Waals surface area contributed by atoms with E-state index in [1.165, 1.54) is 19.4 Å². The second kappa shape index (κ2) is 5.44. The fourth-order valence-corrected chi connectivity index (χ4v) is 3.57. The summed E-state index contributed by atoms with van der Waals surface area (Å²) in [6.45, 7) is 4.31. The molecule has 2 aliphatic rings. The molecule has 2 atom stereocenters. The van der Waals surface area contributed by atoms with Crippen LogP contribution < -0.4 is 11.1 Å². The van der Waals surface area contributed by atoms with Crippen LogP contribution in [0.4, 0.5) is 5.69 Å². The average Bonchev–Trinajstić information content (AvgIpc) is 2.85. The minimum Gasteiger partial charge on any atom is -0.399 e. The van der Waals surface area contributed by atoms with Gasteiger partial charge in [-0.3, -0.25) is 4.79 Å². The largest absolute Gasteiger partial charge is 0.399 e. The number of carbonyl (C=O) groups is 1. The molecule has 108 valence electrons. The number of nitrogens with one attached hydrogen (secondary N) is 1. The van der Waals surface area contributed by atoms with E-state index in [0.29, 0.717) is 23.3 Å². The lowest BCUT2D eigenvalue weighted by Gasteiger charge is -2.35. The highest BCUT2D eigenvalue weighted by Crippen LogP contribution is 2.27. The van der Waals surface area contributed by atoms with Crippen molar-refractivity contribution in [3.63, 3.8) is 0 Å². The van der Waals surface area contributed by atoms with Crippen LogP contribution in [-0.2, 0) is 0 Å². The molecule has 2 aliphatic heterocycles. The standard InChI is InChI=1S/C16H23N3O/c1-11-7-12(9-13(17)8-11)16(20)18-14-4-6-19-5-2-3-15(19)10-14/h7-9,14-15H,2-6,10,17H2,1H3,(H,18,20). The third-order valence-electron chi connectivity index (χ3n) is 4.52. The number of carbonyl (C=O) groups excluding carboxylic acids is 1. The third kappa shape index (κ3) is 2.80. The first-order chi connectivity index (χ1) is 9.61. The molecule has 1 amide bonds. The number of nitrogens with two attached hydrogens (primary N) is 1. The molecule has 1 aromatic carbocycles. The second-order valence-corrected chi connectivity index (χ2v) is 6.16. The first-order valence-corrected chi connectivity index (χ1v) is 7.54.